The van der Waals surface area contributed by atoms with E-state index < -0.39 is 0 Å². The standard InChI is InChI=1S/C26H32N4O3/c1-26(2,3)20-11-13-21(14-12-20)32-17-23(31)28-16-18-7-9-19(10-8-18)24-29-30-25(33-24)22-6-4-5-15-27-22/h4-6,11-15,18-19H,7-10,16-17H2,1-3H3,(H,28,31). The Bertz CT molecular complexity index is 1030. The molecule has 0 bridgehead atoms. The molecule has 33 heavy (non-hydrogen) atoms. The molecule has 7 heteroatoms. The van der Waals surface area contributed by atoms with Crippen LogP contribution in [0, 0.1) is 5.92 Å². The number of carbonyl (C=O) groups excluding carboxylic acids is 1. The molecule has 1 amide bonds. The summed E-state index contributed by atoms with van der Waals surface area (Å²) in [5, 5.41) is 11.4. The maximum Gasteiger partial charge on any atom is 0.266 e. The van der Waals surface area contributed by atoms with Crippen LogP contribution < -0.4 is 10.1 Å². The van der Waals surface area contributed by atoms with Crippen molar-refractivity contribution in [3.8, 4) is 17.3 Å². The van der Waals surface area contributed by atoms with Crippen molar-refractivity contribution in [2.45, 2.75) is 57.8 Å². The average Bonchev–Trinajstić information content (AvgIpc) is 3.32. The molecule has 2 aromatic heterocycles. The topological polar surface area (TPSA) is 90.1 Å². The number of aromatic nitrogens is 3. The Morgan fingerprint density at radius 1 is 1.06 bits per heavy atom. The number of benzene rings is 1. The summed E-state index contributed by atoms with van der Waals surface area (Å²) in [4.78, 5) is 16.5. The first kappa shape index (κ1) is 23.0. The van der Waals surface area contributed by atoms with Gasteiger partial charge in [-0.2, -0.15) is 0 Å². The first-order valence-corrected chi connectivity index (χ1v) is 11.6. The van der Waals surface area contributed by atoms with Crippen LogP contribution in [0.5, 0.6) is 5.75 Å². The van der Waals surface area contributed by atoms with Crippen molar-refractivity contribution in [1.82, 2.24) is 20.5 Å². The fraction of sp³-hybridized carbons (Fsp3) is 0.462. The monoisotopic (exact) mass is 448 g/mol. The Balaban J connectivity index is 1.18. The van der Waals surface area contributed by atoms with E-state index in [0.29, 0.717) is 35.7 Å². The molecule has 4 rings (SSSR count). The van der Waals surface area contributed by atoms with Crippen molar-refractivity contribution in [3.05, 3.63) is 60.1 Å². The molecule has 0 atom stereocenters. The predicted molar refractivity (Wildman–Crippen MR) is 126 cm³/mol. The fourth-order valence-electron chi connectivity index (χ4n) is 4.12. The molecule has 0 unspecified atom stereocenters. The smallest absolute Gasteiger partial charge is 0.266 e. The maximum atomic E-state index is 12.2. The summed E-state index contributed by atoms with van der Waals surface area (Å²) < 4.78 is 11.5. The lowest BCUT2D eigenvalue weighted by Crippen LogP contribution is -2.34. The Morgan fingerprint density at radius 2 is 1.82 bits per heavy atom. The highest BCUT2D eigenvalue weighted by atomic mass is 16.5. The summed E-state index contributed by atoms with van der Waals surface area (Å²) in [6.07, 6.45) is 5.69. The normalized spacial score (nSPS) is 18.6. The van der Waals surface area contributed by atoms with E-state index in [1.165, 1.54) is 5.56 Å². The largest absolute Gasteiger partial charge is 0.484 e. The van der Waals surface area contributed by atoms with Gasteiger partial charge in [0.05, 0.1) is 0 Å². The van der Waals surface area contributed by atoms with Crippen molar-refractivity contribution in [2.24, 2.45) is 5.92 Å². The van der Waals surface area contributed by atoms with Crippen molar-refractivity contribution < 1.29 is 13.9 Å². The van der Waals surface area contributed by atoms with Gasteiger partial charge in [0.15, 0.2) is 6.61 Å². The highest BCUT2D eigenvalue weighted by Crippen LogP contribution is 2.35. The summed E-state index contributed by atoms with van der Waals surface area (Å²) in [7, 11) is 0. The van der Waals surface area contributed by atoms with Crippen molar-refractivity contribution in [1.29, 1.82) is 0 Å². The van der Waals surface area contributed by atoms with Crippen LogP contribution in [-0.4, -0.2) is 34.2 Å². The maximum absolute atomic E-state index is 12.2. The molecule has 0 aliphatic heterocycles. The van der Waals surface area contributed by atoms with Gasteiger partial charge in [-0.05, 0) is 66.8 Å². The van der Waals surface area contributed by atoms with Crippen molar-refractivity contribution in [2.75, 3.05) is 13.2 Å². The van der Waals surface area contributed by atoms with Gasteiger partial charge in [0.25, 0.3) is 11.8 Å². The van der Waals surface area contributed by atoms with Gasteiger partial charge >= 0.3 is 0 Å². The number of nitrogens with one attached hydrogen (secondary N) is 1. The molecule has 1 saturated carbocycles. The highest BCUT2D eigenvalue weighted by molar-refractivity contribution is 5.77. The minimum atomic E-state index is -0.0890. The minimum absolute atomic E-state index is 0.0303. The van der Waals surface area contributed by atoms with E-state index in [2.05, 4.69) is 53.4 Å². The van der Waals surface area contributed by atoms with Crippen LogP contribution >= 0.6 is 0 Å². The summed E-state index contributed by atoms with van der Waals surface area (Å²) in [6.45, 7) is 7.21. The zero-order valence-electron chi connectivity index (χ0n) is 19.6. The molecular formula is C26H32N4O3. The quantitative estimate of drug-likeness (QED) is 0.553. The molecule has 0 radical (unpaired) electrons. The highest BCUT2D eigenvalue weighted by Gasteiger charge is 2.27. The third kappa shape index (κ3) is 6.18. The van der Waals surface area contributed by atoms with Gasteiger partial charge in [-0.3, -0.25) is 9.78 Å². The minimum Gasteiger partial charge on any atom is -0.484 e. The second-order valence-electron chi connectivity index (χ2n) is 9.75. The SMILES string of the molecule is CC(C)(C)c1ccc(OCC(=O)NCC2CCC(c3nnc(-c4ccccn4)o3)CC2)cc1. The van der Waals surface area contributed by atoms with Crippen LogP contribution in [0.2, 0.25) is 0 Å². The fourth-order valence-corrected chi connectivity index (χ4v) is 4.12. The number of ether oxygens (including phenoxy) is 1. The zero-order valence-corrected chi connectivity index (χ0v) is 19.6. The van der Waals surface area contributed by atoms with Gasteiger partial charge < -0.3 is 14.5 Å². The lowest BCUT2D eigenvalue weighted by molar-refractivity contribution is -0.123. The van der Waals surface area contributed by atoms with Crippen LogP contribution in [0.1, 0.15) is 63.8 Å². The van der Waals surface area contributed by atoms with Crippen molar-refractivity contribution in [3.63, 3.8) is 0 Å². The summed E-state index contributed by atoms with van der Waals surface area (Å²) in [6, 6.07) is 13.6. The molecule has 3 aromatic rings. The van der Waals surface area contributed by atoms with E-state index >= 15 is 0 Å². The molecule has 1 aromatic carbocycles. The number of nitrogens with zero attached hydrogens (tertiary/aromatic N) is 3. The molecule has 7 nitrogen and oxygen atoms in total. The van der Waals surface area contributed by atoms with E-state index in [-0.39, 0.29) is 23.8 Å². The Hall–Kier alpha value is -3.22. The van der Waals surface area contributed by atoms with Gasteiger partial charge in [0.2, 0.25) is 5.89 Å². The van der Waals surface area contributed by atoms with Crippen LogP contribution in [0.4, 0.5) is 0 Å². The third-order valence-corrected chi connectivity index (χ3v) is 6.20. The zero-order chi connectivity index (χ0) is 23.3. The predicted octanol–water partition coefficient (Wildman–Crippen LogP) is 4.90. The van der Waals surface area contributed by atoms with Crippen LogP contribution in [0.15, 0.2) is 53.1 Å². The summed E-state index contributed by atoms with van der Waals surface area (Å²) in [5.74, 6) is 2.49. The second kappa shape index (κ2) is 10.1. The Labute approximate surface area is 195 Å². The van der Waals surface area contributed by atoms with Crippen molar-refractivity contribution >= 4 is 5.91 Å². The molecule has 1 aliphatic rings. The molecule has 1 aliphatic carbocycles. The number of rotatable bonds is 7. The van der Waals surface area contributed by atoms with E-state index in [4.69, 9.17) is 9.15 Å². The lowest BCUT2D eigenvalue weighted by atomic mass is 9.82. The molecular weight excluding hydrogens is 416 g/mol. The first-order valence-electron chi connectivity index (χ1n) is 11.6. The van der Waals surface area contributed by atoms with Gasteiger partial charge in [0.1, 0.15) is 11.4 Å². The van der Waals surface area contributed by atoms with E-state index in [0.717, 1.165) is 25.7 Å². The van der Waals surface area contributed by atoms with Crippen LogP contribution in [-0.2, 0) is 10.2 Å². The molecule has 0 saturated heterocycles. The van der Waals surface area contributed by atoms with Gasteiger partial charge in [-0.15, -0.1) is 10.2 Å². The summed E-state index contributed by atoms with van der Waals surface area (Å²) in [5.41, 5.74) is 2.03. The summed E-state index contributed by atoms with van der Waals surface area (Å²) >= 11 is 0. The number of amides is 1. The Morgan fingerprint density at radius 3 is 2.48 bits per heavy atom. The molecule has 2 heterocycles. The number of hydrogen-bond acceptors (Lipinski definition) is 6. The average molecular weight is 449 g/mol. The van der Waals surface area contributed by atoms with Gasteiger partial charge in [-0.1, -0.05) is 39.0 Å². The first-order chi connectivity index (χ1) is 15.9. The molecule has 0 spiro atoms. The number of hydrogen-bond donors (Lipinski definition) is 1. The van der Waals surface area contributed by atoms with Crippen LogP contribution in [0.25, 0.3) is 11.6 Å². The molecule has 174 valence electrons. The Kier molecular flexibility index (Phi) is 7.06. The van der Waals surface area contributed by atoms with Gasteiger partial charge in [0, 0.05) is 18.7 Å². The van der Waals surface area contributed by atoms with Gasteiger partial charge in [-0.25, -0.2) is 0 Å². The number of carbonyl (C=O) groups is 1. The third-order valence-electron chi connectivity index (χ3n) is 6.20. The van der Waals surface area contributed by atoms with E-state index in [9.17, 15) is 4.79 Å². The molecule has 1 fully saturated rings. The molecule has 1 N–H and O–H groups in total. The van der Waals surface area contributed by atoms with E-state index in [1.54, 1.807) is 6.20 Å². The number of pyridine rings is 1. The second-order valence-corrected chi connectivity index (χ2v) is 9.75. The van der Waals surface area contributed by atoms with Crippen LogP contribution in [0.3, 0.4) is 0 Å². The van der Waals surface area contributed by atoms with E-state index in [1.807, 2.05) is 30.3 Å². The lowest BCUT2D eigenvalue weighted by Gasteiger charge is -2.26.